The van der Waals surface area contributed by atoms with E-state index in [1.165, 1.54) is 0 Å². The van der Waals surface area contributed by atoms with E-state index in [1.807, 2.05) is 13.8 Å². The van der Waals surface area contributed by atoms with Crippen LogP contribution in [-0.2, 0) is 5.41 Å². The van der Waals surface area contributed by atoms with E-state index in [2.05, 4.69) is 22.9 Å². The number of aromatic hydroxyl groups is 1. The van der Waals surface area contributed by atoms with Crippen LogP contribution in [0.15, 0.2) is 4.47 Å². The summed E-state index contributed by atoms with van der Waals surface area (Å²) in [5.74, 6) is 0.446. The number of benzene rings is 1. The summed E-state index contributed by atoms with van der Waals surface area (Å²) in [4.78, 5) is 0. The molecule has 0 spiro atoms. The van der Waals surface area contributed by atoms with Crippen molar-refractivity contribution in [3.63, 3.8) is 0 Å². The summed E-state index contributed by atoms with van der Waals surface area (Å²) in [6.07, 6.45) is 2.18. The maximum Gasteiger partial charge on any atom is 0.122 e. The average Bonchev–Trinajstić information content (AvgIpc) is 3.05. The predicted octanol–water partition coefficient (Wildman–Crippen LogP) is 3.07. The van der Waals surface area contributed by atoms with Crippen LogP contribution in [0, 0.1) is 20.8 Å². The molecule has 1 aromatic rings. The summed E-state index contributed by atoms with van der Waals surface area (Å²) in [7, 11) is 0. The van der Waals surface area contributed by atoms with Gasteiger partial charge in [-0.3, -0.25) is 0 Å². The zero-order valence-electron chi connectivity index (χ0n) is 10.0. The molecule has 3 N–H and O–H groups in total. The van der Waals surface area contributed by atoms with Crippen LogP contribution in [-0.4, -0.2) is 11.7 Å². The molecule has 1 fully saturated rings. The minimum absolute atomic E-state index is 0.0369. The second-order valence-corrected chi connectivity index (χ2v) is 5.69. The molecule has 0 unspecified atom stereocenters. The molecule has 0 amide bonds. The topological polar surface area (TPSA) is 46.2 Å². The first kappa shape index (κ1) is 11.9. The lowest BCUT2D eigenvalue weighted by Gasteiger charge is -2.22. The molecule has 0 aliphatic heterocycles. The molecule has 1 saturated carbocycles. The minimum Gasteiger partial charge on any atom is -0.507 e. The summed E-state index contributed by atoms with van der Waals surface area (Å²) in [5.41, 5.74) is 10.2. The van der Waals surface area contributed by atoms with Gasteiger partial charge < -0.3 is 10.8 Å². The molecule has 0 atom stereocenters. The molecular weight excluding hydrogens is 266 g/mol. The van der Waals surface area contributed by atoms with Crippen LogP contribution in [0.1, 0.15) is 35.1 Å². The molecule has 2 rings (SSSR count). The first-order valence-electron chi connectivity index (χ1n) is 5.63. The Bertz CT molecular complexity index is 421. The second kappa shape index (κ2) is 3.74. The Morgan fingerprint density at radius 1 is 1.19 bits per heavy atom. The van der Waals surface area contributed by atoms with Crippen LogP contribution in [0.25, 0.3) is 0 Å². The van der Waals surface area contributed by atoms with Crippen LogP contribution in [0.3, 0.4) is 0 Å². The standard InChI is InChI=1S/C13H18BrNO/c1-7-8(2)12(16)10(9(3)11(7)14)13(6-15)4-5-13/h16H,4-6,15H2,1-3H3. The maximum absolute atomic E-state index is 10.3. The summed E-state index contributed by atoms with van der Waals surface area (Å²) >= 11 is 3.61. The number of halogens is 1. The highest BCUT2D eigenvalue weighted by molar-refractivity contribution is 9.10. The quantitative estimate of drug-likeness (QED) is 0.876. The van der Waals surface area contributed by atoms with E-state index in [-0.39, 0.29) is 5.41 Å². The fourth-order valence-electron chi connectivity index (χ4n) is 2.45. The van der Waals surface area contributed by atoms with Crippen molar-refractivity contribution in [2.45, 2.75) is 39.0 Å². The number of nitrogens with two attached hydrogens (primary N) is 1. The van der Waals surface area contributed by atoms with Gasteiger partial charge in [0.05, 0.1) is 0 Å². The highest BCUT2D eigenvalue weighted by Gasteiger charge is 2.46. The zero-order chi connectivity index (χ0) is 12.1. The number of rotatable bonds is 2. The van der Waals surface area contributed by atoms with E-state index in [0.717, 1.165) is 39.6 Å². The first-order valence-corrected chi connectivity index (χ1v) is 6.42. The lowest BCUT2D eigenvalue weighted by molar-refractivity contribution is 0.453. The predicted molar refractivity (Wildman–Crippen MR) is 70.0 cm³/mol. The molecule has 1 aliphatic rings. The molecule has 0 bridgehead atoms. The highest BCUT2D eigenvalue weighted by atomic mass is 79.9. The van der Waals surface area contributed by atoms with Crippen molar-refractivity contribution in [3.05, 3.63) is 26.7 Å². The van der Waals surface area contributed by atoms with Gasteiger partial charge in [-0.05, 0) is 50.3 Å². The zero-order valence-corrected chi connectivity index (χ0v) is 11.6. The molecular formula is C13H18BrNO. The average molecular weight is 284 g/mol. The SMILES string of the molecule is Cc1c(C)c(Br)c(C)c(C2(CN)CC2)c1O. The Morgan fingerprint density at radius 2 is 1.75 bits per heavy atom. The third-order valence-corrected chi connectivity index (χ3v) is 5.15. The van der Waals surface area contributed by atoms with Crippen molar-refractivity contribution in [2.24, 2.45) is 5.73 Å². The summed E-state index contributed by atoms with van der Waals surface area (Å²) in [6.45, 7) is 6.67. The molecule has 0 heterocycles. The molecule has 88 valence electrons. The maximum atomic E-state index is 10.3. The van der Waals surface area contributed by atoms with Crippen molar-refractivity contribution in [1.29, 1.82) is 0 Å². The van der Waals surface area contributed by atoms with E-state index in [4.69, 9.17) is 5.73 Å². The summed E-state index contributed by atoms with van der Waals surface area (Å²) < 4.78 is 1.11. The second-order valence-electron chi connectivity index (χ2n) is 4.90. The molecule has 1 aliphatic carbocycles. The van der Waals surface area contributed by atoms with Crippen molar-refractivity contribution in [3.8, 4) is 5.75 Å². The lowest BCUT2D eigenvalue weighted by atomic mass is 9.87. The molecule has 0 radical (unpaired) electrons. The Morgan fingerprint density at radius 3 is 2.19 bits per heavy atom. The van der Waals surface area contributed by atoms with E-state index < -0.39 is 0 Å². The molecule has 2 nitrogen and oxygen atoms in total. The Balaban J connectivity index is 2.71. The van der Waals surface area contributed by atoms with Gasteiger partial charge in [-0.25, -0.2) is 0 Å². The van der Waals surface area contributed by atoms with Gasteiger partial charge in [-0.15, -0.1) is 0 Å². The van der Waals surface area contributed by atoms with Gasteiger partial charge >= 0.3 is 0 Å². The third kappa shape index (κ3) is 1.49. The molecule has 3 heteroatoms. The van der Waals surface area contributed by atoms with Crippen LogP contribution >= 0.6 is 15.9 Å². The number of phenols is 1. The van der Waals surface area contributed by atoms with Crippen molar-refractivity contribution >= 4 is 15.9 Å². The normalized spacial score (nSPS) is 17.6. The third-order valence-electron chi connectivity index (χ3n) is 3.96. The van der Waals surface area contributed by atoms with Gasteiger partial charge in [0.15, 0.2) is 0 Å². The monoisotopic (exact) mass is 283 g/mol. The number of hydrogen-bond acceptors (Lipinski definition) is 2. The van der Waals surface area contributed by atoms with Crippen molar-refractivity contribution < 1.29 is 5.11 Å². The van der Waals surface area contributed by atoms with Crippen molar-refractivity contribution in [2.75, 3.05) is 6.54 Å². The summed E-state index contributed by atoms with van der Waals surface area (Å²) in [5, 5.41) is 10.3. The van der Waals surface area contributed by atoms with E-state index in [1.54, 1.807) is 0 Å². The first-order chi connectivity index (χ1) is 7.44. The van der Waals surface area contributed by atoms with E-state index >= 15 is 0 Å². The van der Waals surface area contributed by atoms with Gasteiger partial charge in [0.2, 0.25) is 0 Å². The van der Waals surface area contributed by atoms with E-state index in [0.29, 0.717) is 12.3 Å². The van der Waals surface area contributed by atoms with Gasteiger partial charge in [0, 0.05) is 22.0 Å². The van der Waals surface area contributed by atoms with Crippen LogP contribution in [0.5, 0.6) is 5.75 Å². The van der Waals surface area contributed by atoms with Gasteiger partial charge in [0.25, 0.3) is 0 Å². The van der Waals surface area contributed by atoms with Crippen LogP contribution < -0.4 is 5.73 Å². The lowest BCUT2D eigenvalue weighted by Crippen LogP contribution is -2.21. The van der Waals surface area contributed by atoms with E-state index in [9.17, 15) is 5.11 Å². The van der Waals surface area contributed by atoms with Crippen LogP contribution in [0.2, 0.25) is 0 Å². The fourth-order valence-corrected chi connectivity index (χ4v) is 2.95. The Kier molecular flexibility index (Phi) is 2.79. The molecule has 1 aromatic carbocycles. The smallest absolute Gasteiger partial charge is 0.122 e. The largest absolute Gasteiger partial charge is 0.507 e. The van der Waals surface area contributed by atoms with Crippen molar-refractivity contribution in [1.82, 2.24) is 0 Å². The Labute approximate surface area is 105 Å². The van der Waals surface area contributed by atoms with Gasteiger partial charge in [-0.2, -0.15) is 0 Å². The summed E-state index contributed by atoms with van der Waals surface area (Å²) in [6, 6.07) is 0. The Hall–Kier alpha value is -0.540. The number of phenolic OH excluding ortho intramolecular Hbond substituents is 1. The minimum atomic E-state index is 0.0369. The van der Waals surface area contributed by atoms with Gasteiger partial charge in [-0.1, -0.05) is 15.9 Å². The fraction of sp³-hybridized carbons (Fsp3) is 0.538. The molecule has 16 heavy (non-hydrogen) atoms. The van der Waals surface area contributed by atoms with Crippen LogP contribution in [0.4, 0.5) is 0 Å². The van der Waals surface area contributed by atoms with Gasteiger partial charge in [0.1, 0.15) is 5.75 Å². The highest BCUT2D eigenvalue weighted by Crippen LogP contribution is 2.53. The molecule has 0 aromatic heterocycles. The number of hydrogen-bond donors (Lipinski definition) is 2. The molecule has 0 saturated heterocycles.